The Morgan fingerprint density at radius 2 is 1.33 bits per heavy atom. The average Bonchev–Trinajstić information content (AvgIpc) is 2.27. The van der Waals surface area contributed by atoms with Crippen LogP contribution in [0.5, 0.6) is 0 Å². The molecule has 0 saturated heterocycles. The molecule has 0 aromatic carbocycles. The molecule has 1 nitrogen and oxygen atoms in total. The van der Waals surface area contributed by atoms with Gasteiger partial charge < -0.3 is 4.79 Å². The minimum Gasteiger partial charge on any atom is -0.303 e. The SMILES string of the molecule is [2H]C(=O)CC/C=C(\C)CC/C=C(\C)CCC=C(C)C. The first-order chi connectivity index (χ1) is 8.91. The van der Waals surface area contributed by atoms with Crippen LogP contribution in [0.3, 0.4) is 0 Å². The molecule has 0 aliphatic heterocycles. The maximum Gasteiger partial charge on any atom is 0.120 e. The molecule has 1 heteroatoms. The van der Waals surface area contributed by atoms with Crippen molar-refractivity contribution in [2.75, 3.05) is 0 Å². The highest BCUT2D eigenvalue weighted by molar-refractivity contribution is 5.49. The Bertz CT molecular complexity index is 357. The zero-order valence-corrected chi connectivity index (χ0v) is 12.4. The summed E-state index contributed by atoms with van der Waals surface area (Å²) in [5, 5.41) is 0. The summed E-state index contributed by atoms with van der Waals surface area (Å²) in [6.07, 6.45) is 11.6. The summed E-state index contributed by atoms with van der Waals surface area (Å²) in [6.45, 7) is 8.56. The quantitative estimate of drug-likeness (QED) is 0.396. The van der Waals surface area contributed by atoms with Gasteiger partial charge in [0.05, 0.1) is 0 Å². The van der Waals surface area contributed by atoms with Crippen molar-refractivity contribution >= 4 is 6.26 Å². The van der Waals surface area contributed by atoms with Crippen molar-refractivity contribution in [3.8, 4) is 0 Å². The Morgan fingerprint density at radius 1 is 0.833 bits per heavy atom. The molecule has 18 heavy (non-hydrogen) atoms. The standard InChI is InChI=1S/C17H28O/c1-15(2)9-7-11-17(4)13-8-12-16(3)10-5-6-14-18/h9-10,13-14H,5-8,11-12H2,1-4H3/b16-10+,17-13+/i14D. The van der Waals surface area contributed by atoms with Gasteiger partial charge in [0, 0.05) is 6.42 Å². The summed E-state index contributed by atoms with van der Waals surface area (Å²) in [6, 6.07) is 0. The van der Waals surface area contributed by atoms with Gasteiger partial charge in [-0.3, -0.25) is 0 Å². The van der Waals surface area contributed by atoms with E-state index in [0.717, 1.165) is 25.7 Å². The van der Waals surface area contributed by atoms with E-state index in [4.69, 9.17) is 1.37 Å². The van der Waals surface area contributed by atoms with Crippen LogP contribution in [0.2, 0.25) is 0 Å². The van der Waals surface area contributed by atoms with Gasteiger partial charge in [0.15, 0.2) is 0 Å². The summed E-state index contributed by atoms with van der Waals surface area (Å²) in [7, 11) is 0. The first kappa shape index (κ1) is 14.9. The van der Waals surface area contributed by atoms with E-state index < -0.39 is 6.26 Å². The van der Waals surface area contributed by atoms with Crippen LogP contribution in [-0.4, -0.2) is 6.26 Å². The second-order valence-electron chi connectivity index (χ2n) is 5.14. The number of carbonyl (C=O) groups excluding carboxylic acids is 1. The lowest BCUT2D eigenvalue weighted by molar-refractivity contribution is -0.107. The third-order valence-electron chi connectivity index (χ3n) is 2.86. The highest BCUT2D eigenvalue weighted by Gasteiger charge is 1.92. The van der Waals surface area contributed by atoms with Crippen LogP contribution in [0.4, 0.5) is 0 Å². The Kier molecular flexibility index (Phi) is 9.14. The molecule has 0 unspecified atom stereocenters. The normalized spacial score (nSPS) is 13.2. The van der Waals surface area contributed by atoms with E-state index in [1.165, 1.54) is 16.7 Å². The Labute approximate surface area is 114 Å². The number of hydrogen-bond donors (Lipinski definition) is 0. The molecule has 0 aromatic heterocycles. The van der Waals surface area contributed by atoms with Crippen LogP contribution in [0.25, 0.3) is 0 Å². The molecule has 0 spiro atoms. The fourth-order valence-corrected chi connectivity index (χ4v) is 1.72. The van der Waals surface area contributed by atoms with E-state index in [9.17, 15) is 4.79 Å². The monoisotopic (exact) mass is 249 g/mol. The predicted octanol–water partition coefficient (Wildman–Crippen LogP) is 5.38. The molecule has 0 amide bonds. The van der Waals surface area contributed by atoms with E-state index in [-0.39, 0.29) is 0 Å². The van der Waals surface area contributed by atoms with Crippen molar-refractivity contribution in [2.45, 2.75) is 66.2 Å². The predicted molar refractivity (Wildman–Crippen MR) is 80.7 cm³/mol. The zero-order valence-electron chi connectivity index (χ0n) is 13.4. The highest BCUT2D eigenvalue weighted by atomic mass is 16.1. The largest absolute Gasteiger partial charge is 0.303 e. The van der Waals surface area contributed by atoms with Gasteiger partial charge in [-0.2, -0.15) is 0 Å². The van der Waals surface area contributed by atoms with Crippen molar-refractivity contribution < 1.29 is 6.17 Å². The van der Waals surface area contributed by atoms with Crippen LogP contribution in [0.1, 0.15) is 67.6 Å². The lowest BCUT2D eigenvalue weighted by atomic mass is 10.1. The van der Waals surface area contributed by atoms with Gasteiger partial charge in [-0.05, 0) is 59.8 Å². The van der Waals surface area contributed by atoms with Gasteiger partial charge >= 0.3 is 0 Å². The molecular weight excluding hydrogens is 220 g/mol. The van der Waals surface area contributed by atoms with E-state index in [1.54, 1.807) is 0 Å². The third-order valence-corrected chi connectivity index (χ3v) is 2.86. The molecule has 0 rings (SSSR count). The van der Waals surface area contributed by atoms with E-state index in [0.29, 0.717) is 12.8 Å². The summed E-state index contributed by atoms with van der Waals surface area (Å²) in [4.78, 5) is 10.5. The van der Waals surface area contributed by atoms with Crippen LogP contribution >= 0.6 is 0 Å². The van der Waals surface area contributed by atoms with Crippen LogP contribution in [0.15, 0.2) is 34.9 Å². The lowest BCUT2D eigenvalue weighted by Crippen LogP contribution is -1.81. The molecule has 0 aliphatic rings. The maximum absolute atomic E-state index is 10.5. The van der Waals surface area contributed by atoms with Crippen molar-refractivity contribution in [1.82, 2.24) is 0 Å². The molecule has 0 bridgehead atoms. The average molecular weight is 249 g/mol. The number of carbonyl (C=O) groups is 1. The molecule has 0 aliphatic carbocycles. The van der Waals surface area contributed by atoms with E-state index in [2.05, 4.69) is 45.9 Å². The van der Waals surface area contributed by atoms with Gasteiger partial charge in [-0.15, -0.1) is 0 Å². The van der Waals surface area contributed by atoms with Crippen LogP contribution in [-0.2, 0) is 4.79 Å². The number of allylic oxidation sites excluding steroid dienone is 6. The Balaban J connectivity index is 3.86. The van der Waals surface area contributed by atoms with Gasteiger partial charge in [-0.1, -0.05) is 34.9 Å². The zero-order chi connectivity index (χ0) is 14.7. The molecule has 0 fully saturated rings. The Hall–Kier alpha value is -1.11. The number of rotatable bonds is 9. The Morgan fingerprint density at radius 3 is 1.83 bits per heavy atom. The van der Waals surface area contributed by atoms with Crippen molar-refractivity contribution in [1.29, 1.82) is 0 Å². The van der Waals surface area contributed by atoms with Crippen molar-refractivity contribution in [3.63, 3.8) is 0 Å². The van der Waals surface area contributed by atoms with E-state index >= 15 is 0 Å². The second kappa shape index (κ2) is 11.0. The molecule has 0 heterocycles. The summed E-state index contributed by atoms with van der Waals surface area (Å²) in [5.74, 6) is 0. The minimum atomic E-state index is -0.473. The summed E-state index contributed by atoms with van der Waals surface area (Å²) < 4.78 is 6.83. The molecule has 0 N–H and O–H groups in total. The molecule has 0 aromatic rings. The third kappa shape index (κ3) is 11.4. The van der Waals surface area contributed by atoms with Crippen molar-refractivity contribution in [2.24, 2.45) is 0 Å². The minimum absolute atomic E-state index is 0.342. The topological polar surface area (TPSA) is 17.1 Å². The first-order valence-electron chi connectivity index (χ1n) is 7.36. The molecule has 0 saturated carbocycles. The summed E-state index contributed by atoms with van der Waals surface area (Å²) >= 11 is 0. The first-order valence-corrected chi connectivity index (χ1v) is 6.86. The van der Waals surface area contributed by atoms with Gasteiger partial charge in [0.2, 0.25) is 0 Å². The van der Waals surface area contributed by atoms with Gasteiger partial charge in [0.1, 0.15) is 7.63 Å². The smallest absolute Gasteiger partial charge is 0.120 e. The lowest BCUT2D eigenvalue weighted by Gasteiger charge is -2.01. The molecule has 0 radical (unpaired) electrons. The second-order valence-corrected chi connectivity index (χ2v) is 5.14. The van der Waals surface area contributed by atoms with Crippen LogP contribution < -0.4 is 0 Å². The highest BCUT2D eigenvalue weighted by Crippen LogP contribution is 2.11. The maximum atomic E-state index is 10.5. The number of hydrogen-bond acceptors (Lipinski definition) is 1. The fraction of sp³-hybridized carbons (Fsp3) is 0.588. The summed E-state index contributed by atoms with van der Waals surface area (Å²) in [5.41, 5.74) is 4.15. The number of aldehydes is 1. The van der Waals surface area contributed by atoms with Crippen LogP contribution in [0, 0.1) is 0 Å². The van der Waals surface area contributed by atoms with E-state index in [1.807, 2.05) is 0 Å². The molecule has 102 valence electrons. The van der Waals surface area contributed by atoms with Gasteiger partial charge in [-0.25, -0.2) is 0 Å². The molecular formula is C17H28O. The fourth-order valence-electron chi connectivity index (χ4n) is 1.72. The van der Waals surface area contributed by atoms with Gasteiger partial charge in [0.25, 0.3) is 0 Å². The van der Waals surface area contributed by atoms with Crippen molar-refractivity contribution in [3.05, 3.63) is 34.9 Å². The molecule has 0 atom stereocenters.